The van der Waals surface area contributed by atoms with Crippen LogP contribution in [0.15, 0.2) is 30.3 Å². The van der Waals surface area contributed by atoms with Crippen molar-refractivity contribution in [2.75, 3.05) is 26.7 Å². The van der Waals surface area contributed by atoms with Crippen molar-refractivity contribution in [1.29, 1.82) is 0 Å². The summed E-state index contributed by atoms with van der Waals surface area (Å²) in [7, 11) is 1.65. The highest BCUT2D eigenvalue weighted by atomic mass is 16.5. The first-order chi connectivity index (χ1) is 12.1. The summed E-state index contributed by atoms with van der Waals surface area (Å²) in [6.07, 6.45) is 2.39. The minimum absolute atomic E-state index is 0.0135. The Morgan fingerprint density at radius 3 is 2.68 bits per heavy atom. The van der Waals surface area contributed by atoms with Crippen LogP contribution in [0.1, 0.15) is 44.8 Å². The van der Waals surface area contributed by atoms with Gasteiger partial charge in [0.15, 0.2) is 0 Å². The van der Waals surface area contributed by atoms with Crippen LogP contribution in [0.25, 0.3) is 0 Å². The number of nitrogens with one attached hydrogen (secondary N) is 1. The minimum atomic E-state index is -0.161. The third-order valence-electron chi connectivity index (χ3n) is 5.06. The lowest BCUT2D eigenvalue weighted by atomic mass is 9.95. The van der Waals surface area contributed by atoms with Crippen molar-refractivity contribution in [3.05, 3.63) is 35.9 Å². The summed E-state index contributed by atoms with van der Waals surface area (Å²) in [5, 5.41) is 3.00. The number of ether oxygens (including phenoxy) is 1. The number of carbonyl (C=O) groups is 2. The Kier molecular flexibility index (Phi) is 7.44. The maximum absolute atomic E-state index is 12.6. The summed E-state index contributed by atoms with van der Waals surface area (Å²) < 4.78 is 5.50. The van der Waals surface area contributed by atoms with Crippen molar-refractivity contribution in [3.8, 4) is 0 Å². The molecular formula is C20H30N2O3. The van der Waals surface area contributed by atoms with E-state index < -0.39 is 0 Å². The highest BCUT2D eigenvalue weighted by Gasteiger charge is 2.30. The average molecular weight is 346 g/mol. The van der Waals surface area contributed by atoms with Crippen molar-refractivity contribution >= 4 is 11.8 Å². The van der Waals surface area contributed by atoms with E-state index in [9.17, 15) is 9.59 Å². The molecule has 1 saturated heterocycles. The van der Waals surface area contributed by atoms with Crippen LogP contribution in [-0.2, 0) is 14.3 Å². The summed E-state index contributed by atoms with van der Waals surface area (Å²) in [5.41, 5.74) is 1.04. The Morgan fingerprint density at radius 1 is 1.32 bits per heavy atom. The molecule has 0 aliphatic carbocycles. The van der Waals surface area contributed by atoms with Crippen molar-refractivity contribution in [2.45, 2.75) is 39.2 Å². The first-order valence-corrected chi connectivity index (χ1v) is 9.21. The normalized spacial score (nSPS) is 20.0. The third-order valence-corrected chi connectivity index (χ3v) is 5.06. The van der Waals surface area contributed by atoms with E-state index in [1.54, 1.807) is 7.11 Å². The van der Waals surface area contributed by atoms with Gasteiger partial charge in [-0.05, 0) is 24.8 Å². The molecule has 0 bridgehead atoms. The van der Waals surface area contributed by atoms with Gasteiger partial charge in [-0.25, -0.2) is 0 Å². The Balaban J connectivity index is 1.88. The van der Waals surface area contributed by atoms with E-state index in [0.717, 1.165) is 31.4 Å². The topological polar surface area (TPSA) is 58.6 Å². The van der Waals surface area contributed by atoms with Gasteiger partial charge in [0, 0.05) is 32.7 Å². The van der Waals surface area contributed by atoms with Crippen molar-refractivity contribution in [2.24, 2.45) is 11.8 Å². The van der Waals surface area contributed by atoms with Gasteiger partial charge in [0.25, 0.3) is 0 Å². The predicted octanol–water partition coefficient (Wildman–Crippen LogP) is 2.78. The lowest BCUT2D eigenvalue weighted by Gasteiger charge is -2.33. The lowest BCUT2D eigenvalue weighted by molar-refractivity contribution is -0.139. The van der Waals surface area contributed by atoms with Gasteiger partial charge in [0.1, 0.15) is 0 Å². The predicted molar refractivity (Wildman–Crippen MR) is 98.0 cm³/mol. The highest BCUT2D eigenvalue weighted by molar-refractivity contribution is 5.82. The van der Waals surface area contributed by atoms with Gasteiger partial charge in [-0.15, -0.1) is 0 Å². The third kappa shape index (κ3) is 5.30. The van der Waals surface area contributed by atoms with Crippen molar-refractivity contribution in [3.63, 3.8) is 0 Å². The van der Waals surface area contributed by atoms with Crippen LogP contribution >= 0.6 is 0 Å². The molecule has 0 radical (unpaired) electrons. The van der Waals surface area contributed by atoms with E-state index in [1.165, 1.54) is 0 Å². The van der Waals surface area contributed by atoms with Gasteiger partial charge in [0.2, 0.25) is 11.8 Å². The second-order valence-corrected chi connectivity index (χ2v) is 6.81. The van der Waals surface area contributed by atoms with E-state index in [2.05, 4.69) is 5.32 Å². The van der Waals surface area contributed by atoms with Gasteiger partial charge in [-0.1, -0.05) is 44.2 Å². The first kappa shape index (κ1) is 19.4. The van der Waals surface area contributed by atoms with E-state index >= 15 is 0 Å². The minimum Gasteiger partial charge on any atom is -0.375 e. The molecule has 5 heteroatoms. The number of benzene rings is 1. The molecule has 1 heterocycles. The number of amides is 2. The smallest absolute Gasteiger partial charge is 0.225 e. The quantitative estimate of drug-likeness (QED) is 0.826. The van der Waals surface area contributed by atoms with E-state index in [-0.39, 0.29) is 29.8 Å². The summed E-state index contributed by atoms with van der Waals surface area (Å²) in [6, 6.07) is 9.87. The zero-order valence-corrected chi connectivity index (χ0v) is 15.5. The van der Waals surface area contributed by atoms with Gasteiger partial charge < -0.3 is 15.0 Å². The number of methoxy groups -OCH3 is 1. The molecule has 1 aromatic carbocycles. The van der Waals surface area contributed by atoms with E-state index in [4.69, 9.17) is 4.74 Å². The van der Waals surface area contributed by atoms with Crippen LogP contribution in [0.2, 0.25) is 0 Å². The molecule has 0 unspecified atom stereocenters. The Bertz CT molecular complexity index is 561. The van der Waals surface area contributed by atoms with Crippen LogP contribution in [-0.4, -0.2) is 43.5 Å². The Labute approximate surface area is 150 Å². The maximum Gasteiger partial charge on any atom is 0.225 e. The molecule has 1 aliphatic heterocycles. The largest absolute Gasteiger partial charge is 0.375 e. The average Bonchev–Trinajstić information content (AvgIpc) is 2.68. The first-order valence-electron chi connectivity index (χ1n) is 9.21. The molecule has 1 aliphatic rings. The standard InChI is InChI=1S/C20H30N2O3/c1-4-15(2)20(24)22-12-8-11-17(14-22)19(23)21-13-18(25-3)16-9-6-5-7-10-16/h5-7,9-10,15,17-18H,4,8,11-14H2,1-3H3,(H,21,23)/t15-,17-,18+/m0/s1. The van der Waals surface area contributed by atoms with Gasteiger partial charge >= 0.3 is 0 Å². The van der Waals surface area contributed by atoms with E-state index in [0.29, 0.717) is 13.1 Å². The second-order valence-electron chi connectivity index (χ2n) is 6.81. The molecule has 1 fully saturated rings. The van der Waals surface area contributed by atoms with Crippen LogP contribution < -0.4 is 5.32 Å². The molecule has 3 atom stereocenters. The molecule has 138 valence electrons. The number of piperidine rings is 1. The Morgan fingerprint density at radius 2 is 2.04 bits per heavy atom. The fraction of sp³-hybridized carbons (Fsp3) is 0.600. The van der Waals surface area contributed by atoms with Crippen LogP contribution in [0, 0.1) is 11.8 Å². The zero-order chi connectivity index (χ0) is 18.2. The number of likely N-dealkylation sites (tertiary alicyclic amines) is 1. The van der Waals surface area contributed by atoms with Crippen molar-refractivity contribution < 1.29 is 14.3 Å². The maximum atomic E-state index is 12.6. The molecule has 2 amide bonds. The zero-order valence-electron chi connectivity index (χ0n) is 15.5. The number of carbonyl (C=O) groups excluding carboxylic acids is 2. The van der Waals surface area contributed by atoms with Crippen LogP contribution in [0.5, 0.6) is 0 Å². The number of hydrogen-bond acceptors (Lipinski definition) is 3. The monoisotopic (exact) mass is 346 g/mol. The fourth-order valence-corrected chi connectivity index (χ4v) is 3.22. The highest BCUT2D eigenvalue weighted by Crippen LogP contribution is 2.20. The molecule has 1 N–H and O–H groups in total. The Hall–Kier alpha value is -1.88. The molecule has 25 heavy (non-hydrogen) atoms. The number of nitrogens with zero attached hydrogens (tertiary/aromatic N) is 1. The molecule has 5 nitrogen and oxygen atoms in total. The number of rotatable bonds is 7. The van der Waals surface area contributed by atoms with Crippen LogP contribution in [0.3, 0.4) is 0 Å². The summed E-state index contributed by atoms with van der Waals surface area (Å²) in [5.74, 6) is 0.0754. The second kappa shape index (κ2) is 9.56. The van der Waals surface area contributed by atoms with Crippen LogP contribution in [0.4, 0.5) is 0 Å². The SMILES string of the molecule is CC[C@H](C)C(=O)N1CCC[C@H](C(=O)NC[C@@H](OC)c2ccccc2)C1. The summed E-state index contributed by atoms with van der Waals surface area (Å²) in [6.45, 7) is 5.70. The molecule has 0 spiro atoms. The molecule has 0 aromatic heterocycles. The van der Waals surface area contributed by atoms with Gasteiger partial charge in [0.05, 0.1) is 12.0 Å². The molecule has 2 rings (SSSR count). The fourth-order valence-electron chi connectivity index (χ4n) is 3.22. The number of hydrogen-bond donors (Lipinski definition) is 1. The summed E-state index contributed by atoms with van der Waals surface area (Å²) >= 11 is 0. The molecular weight excluding hydrogens is 316 g/mol. The van der Waals surface area contributed by atoms with Crippen molar-refractivity contribution in [1.82, 2.24) is 10.2 Å². The van der Waals surface area contributed by atoms with Gasteiger partial charge in [-0.3, -0.25) is 9.59 Å². The lowest BCUT2D eigenvalue weighted by Crippen LogP contribution is -2.47. The van der Waals surface area contributed by atoms with E-state index in [1.807, 2.05) is 49.1 Å². The molecule has 0 saturated carbocycles. The van der Waals surface area contributed by atoms with Gasteiger partial charge in [-0.2, -0.15) is 0 Å². The molecule has 1 aromatic rings. The summed E-state index contributed by atoms with van der Waals surface area (Å²) in [4.78, 5) is 26.8.